The van der Waals surface area contributed by atoms with Crippen LogP contribution in [-0.2, 0) is 10.2 Å². The lowest BCUT2D eigenvalue weighted by Crippen LogP contribution is -2.43. The molecule has 0 unspecified atom stereocenters. The molecule has 1 aliphatic rings. The first-order valence-corrected chi connectivity index (χ1v) is 10.0. The zero-order chi connectivity index (χ0) is 20.0. The van der Waals surface area contributed by atoms with Crippen molar-refractivity contribution in [1.29, 1.82) is 0 Å². The number of carbonyl (C=O) groups is 2. The van der Waals surface area contributed by atoms with Gasteiger partial charge in [0, 0.05) is 31.1 Å². The number of amides is 2. The van der Waals surface area contributed by atoms with Crippen LogP contribution in [0.2, 0.25) is 0 Å². The van der Waals surface area contributed by atoms with Crippen LogP contribution >= 0.6 is 0 Å². The minimum absolute atomic E-state index is 0.0247. The second-order valence-corrected chi connectivity index (χ2v) is 8.84. The van der Waals surface area contributed by atoms with E-state index in [0.29, 0.717) is 13.1 Å². The smallest absolute Gasteiger partial charge is 0.253 e. The van der Waals surface area contributed by atoms with Crippen molar-refractivity contribution in [3.8, 4) is 0 Å². The fourth-order valence-corrected chi connectivity index (χ4v) is 3.39. The SMILES string of the molecule is CN(C)CCCNC(=O)C1CCN(C(=O)c2ccc(C(C)(C)C)cc2)CC1. The summed E-state index contributed by atoms with van der Waals surface area (Å²) in [6.07, 6.45) is 2.44. The van der Waals surface area contributed by atoms with Crippen LogP contribution in [0.3, 0.4) is 0 Å². The molecule has 0 spiro atoms. The van der Waals surface area contributed by atoms with Gasteiger partial charge in [-0.3, -0.25) is 9.59 Å². The lowest BCUT2D eigenvalue weighted by atomic mass is 9.86. The molecule has 0 saturated carbocycles. The van der Waals surface area contributed by atoms with Gasteiger partial charge in [-0.1, -0.05) is 32.9 Å². The maximum Gasteiger partial charge on any atom is 0.253 e. The average molecular weight is 374 g/mol. The van der Waals surface area contributed by atoms with Crippen LogP contribution in [0.4, 0.5) is 0 Å². The lowest BCUT2D eigenvalue weighted by Gasteiger charge is -2.31. The molecule has 150 valence electrons. The van der Waals surface area contributed by atoms with Gasteiger partial charge in [-0.05, 0) is 63.0 Å². The molecule has 27 heavy (non-hydrogen) atoms. The summed E-state index contributed by atoms with van der Waals surface area (Å²) in [5, 5.41) is 3.03. The number of nitrogens with zero attached hydrogens (tertiary/aromatic N) is 2. The maximum absolute atomic E-state index is 12.7. The third-order valence-corrected chi connectivity index (χ3v) is 5.23. The number of carbonyl (C=O) groups excluding carboxylic acids is 2. The van der Waals surface area contributed by atoms with Gasteiger partial charge in [-0.25, -0.2) is 0 Å². The average Bonchev–Trinajstić information content (AvgIpc) is 2.64. The first kappa shape index (κ1) is 21.4. The third kappa shape index (κ3) is 6.35. The predicted octanol–water partition coefficient (Wildman–Crippen LogP) is 2.90. The highest BCUT2D eigenvalue weighted by Crippen LogP contribution is 2.24. The zero-order valence-corrected chi connectivity index (χ0v) is 17.5. The van der Waals surface area contributed by atoms with Crippen molar-refractivity contribution in [2.24, 2.45) is 5.92 Å². The molecule has 2 amide bonds. The minimum Gasteiger partial charge on any atom is -0.356 e. The van der Waals surface area contributed by atoms with Crippen LogP contribution in [-0.4, -0.2) is 61.9 Å². The molecular weight excluding hydrogens is 338 g/mol. The van der Waals surface area contributed by atoms with Gasteiger partial charge in [-0.15, -0.1) is 0 Å². The van der Waals surface area contributed by atoms with Gasteiger partial charge < -0.3 is 15.1 Å². The molecule has 1 N–H and O–H groups in total. The van der Waals surface area contributed by atoms with Crippen molar-refractivity contribution < 1.29 is 9.59 Å². The molecule has 1 saturated heterocycles. The molecule has 0 atom stereocenters. The van der Waals surface area contributed by atoms with Crippen molar-refractivity contribution in [3.63, 3.8) is 0 Å². The second kappa shape index (κ2) is 9.36. The van der Waals surface area contributed by atoms with Crippen LogP contribution in [0.1, 0.15) is 56.0 Å². The van der Waals surface area contributed by atoms with E-state index in [9.17, 15) is 9.59 Å². The number of rotatable bonds is 6. The molecule has 0 aliphatic carbocycles. The fourth-order valence-electron chi connectivity index (χ4n) is 3.39. The molecule has 0 bridgehead atoms. The van der Waals surface area contributed by atoms with Crippen molar-refractivity contribution in [3.05, 3.63) is 35.4 Å². The first-order chi connectivity index (χ1) is 12.7. The Labute approximate surface area is 164 Å². The molecular formula is C22H35N3O2. The summed E-state index contributed by atoms with van der Waals surface area (Å²) in [5.41, 5.74) is 2.04. The van der Waals surface area contributed by atoms with E-state index in [2.05, 4.69) is 31.0 Å². The summed E-state index contributed by atoms with van der Waals surface area (Å²) in [7, 11) is 4.07. The highest BCUT2D eigenvalue weighted by molar-refractivity contribution is 5.94. The molecule has 0 radical (unpaired) electrons. The molecule has 1 heterocycles. The van der Waals surface area contributed by atoms with Crippen LogP contribution in [0.25, 0.3) is 0 Å². The zero-order valence-electron chi connectivity index (χ0n) is 17.5. The summed E-state index contributed by atoms with van der Waals surface area (Å²) in [6.45, 7) is 9.49. The highest BCUT2D eigenvalue weighted by atomic mass is 16.2. The maximum atomic E-state index is 12.7. The van der Waals surface area contributed by atoms with Crippen molar-refractivity contribution >= 4 is 11.8 Å². The van der Waals surface area contributed by atoms with Crippen LogP contribution in [0, 0.1) is 5.92 Å². The molecule has 5 heteroatoms. The highest BCUT2D eigenvalue weighted by Gasteiger charge is 2.27. The molecule has 0 aromatic heterocycles. The third-order valence-electron chi connectivity index (χ3n) is 5.23. The number of hydrogen-bond donors (Lipinski definition) is 1. The Balaban J connectivity index is 1.81. The van der Waals surface area contributed by atoms with Crippen molar-refractivity contribution in [1.82, 2.24) is 15.1 Å². The topological polar surface area (TPSA) is 52.7 Å². The van der Waals surface area contributed by atoms with Gasteiger partial charge in [0.2, 0.25) is 5.91 Å². The number of piperidine rings is 1. The van der Waals surface area contributed by atoms with Gasteiger partial charge in [0.15, 0.2) is 0 Å². The Morgan fingerprint density at radius 1 is 1.11 bits per heavy atom. The van der Waals surface area contributed by atoms with Gasteiger partial charge in [0.05, 0.1) is 0 Å². The Bertz CT molecular complexity index is 624. The van der Waals surface area contributed by atoms with Crippen molar-refractivity contribution in [2.75, 3.05) is 40.3 Å². The normalized spacial score (nSPS) is 15.9. The van der Waals surface area contributed by atoms with E-state index in [1.165, 1.54) is 5.56 Å². The van der Waals surface area contributed by atoms with E-state index >= 15 is 0 Å². The van der Waals surface area contributed by atoms with Gasteiger partial charge in [0.1, 0.15) is 0 Å². The van der Waals surface area contributed by atoms with E-state index in [4.69, 9.17) is 0 Å². The largest absolute Gasteiger partial charge is 0.356 e. The fraction of sp³-hybridized carbons (Fsp3) is 0.636. The molecule has 2 rings (SSSR count). The quantitative estimate of drug-likeness (QED) is 0.780. The Morgan fingerprint density at radius 3 is 2.22 bits per heavy atom. The standard InChI is InChI=1S/C22H35N3O2/c1-22(2,3)19-9-7-18(8-10-19)21(27)25-15-11-17(12-16-25)20(26)23-13-6-14-24(4)5/h7-10,17H,6,11-16H2,1-5H3,(H,23,26). The predicted molar refractivity (Wildman–Crippen MR) is 110 cm³/mol. The van der Waals surface area contributed by atoms with Crippen LogP contribution in [0.15, 0.2) is 24.3 Å². The van der Waals surface area contributed by atoms with Crippen LogP contribution in [0.5, 0.6) is 0 Å². The Kier molecular flexibility index (Phi) is 7.42. The molecule has 1 aliphatic heterocycles. The van der Waals surface area contributed by atoms with Gasteiger partial charge in [0.25, 0.3) is 5.91 Å². The number of likely N-dealkylation sites (tertiary alicyclic amines) is 1. The van der Waals surface area contributed by atoms with Gasteiger partial charge in [-0.2, -0.15) is 0 Å². The van der Waals surface area contributed by atoms with Crippen molar-refractivity contribution in [2.45, 2.75) is 45.4 Å². The van der Waals surface area contributed by atoms with E-state index in [0.717, 1.165) is 37.9 Å². The summed E-state index contributed by atoms with van der Waals surface area (Å²) in [5.74, 6) is 0.229. The summed E-state index contributed by atoms with van der Waals surface area (Å²) < 4.78 is 0. The lowest BCUT2D eigenvalue weighted by molar-refractivity contribution is -0.126. The molecule has 1 aromatic rings. The summed E-state index contributed by atoms with van der Waals surface area (Å²) in [6, 6.07) is 7.93. The summed E-state index contributed by atoms with van der Waals surface area (Å²) >= 11 is 0. The second-order valence-electron chi connectivity index (χ2n) is 8.84. The number of hydrogen-bond acceptors (Lipinski definition) is 3. The first-order valence-electron chi connectivity index (χ1n) is 10.0. The minimum atomic E-state index is 0.0247. The molecule has 1 aromatic carbocycles. The van der Waals surface area contributed by atoms with E-state index in [1.54, 1.807) is 0 Å². The van der Waals surface area contributed by atoms with E-state index in [1.807, 2.05) is 43.3 Å². The monoisotopic (exact) mass is 373 g/mol. The molecule has 5 nitrogen and oxygen atoms in total. The number of nitrogens with one attached hydrogen (secondary N) is 1. The number of benzene rings is 1. The van der Waals surface area contributed by atoms with E-state index in [-0.39, 0.29) is 23.1 Å². The molecule has 1 fully saturated rings. The van der Waals surface area contributed by atoms with E-state index < -0.39 is 0 Å². The van der Waals surface area contributed by atoms with Crippen LogP contribution < -0.4 is 5.32 Å². The van der Waals surface area contributed by atoms with Gasteiger partial charge >= 0.3 is 0 Å². The Hall–Kier alpha value is -1.88. The summed E-state index contributed by atoms with van der Waals surface area (Å²) in [4.78, 5) is 29.0. The Morgan fingerprint density at radius 2 is 1.70 bits per heavy atom.